The van der Waals surface area contributed by atoms with Crippen LogP contribution in [-0.4, -0.2) is 35.8 Å². The number of alkyl halides is 3. The van der Waals surface area contributed by atoms with Crippen LogP contribution in [0.5, 0.6) is 5.75 Å². The summed E-state index contributed by atoms with van der Waals surface area (Å²) >= 11 is 2.53. The molecule has 0 radical (unpaired) electrons. The van der Waals surface area contributed by atoms with Crippen molar-refractivity contribution in [2.45, 2.75) is 108 Å². The number of hydrogen-bond donors (Lipinski definition) is 2. The number of carbonyl (C=O) groups is 1. The fourth-order valence-electron chi connectivity index (χ4n) is 10.9. The minimum Gasteiger partial charge on any atom is -0.449 e. The Morgan fingerprint density at radius 3 is 2.50 bits per heavy atom. The highest BCUT2D eigenvalue weighted by Crippen LogP contribution is 2.72. The number of nitrogens with one attached hydrogen (secondary N) is 1. The molecule has 1 amide bonds. The summed E-state index contributed by atoms with van der Waals surface area (Å²) < 4.78 is 50.6. The first-order valence-electron chi connectivity index (χ1n) is 17.3. The number of carbonyl (C=O) groups excluding carboxylic acids is 1. The number of hydrogen-bond acceptors (Lipinski definition) is 8. The number of aliphatic hydroxyl groups excluding tert-OH is 1. The van der Waals surface area contributed by atoms with E-state index in [9.17, 15) is 28.0 Å². The minimum absolute atomic E-state index is 0.0577. The smallest absolute Gasteiger partial charge is 0.449 e. The molecule has 0 spiro atoms. The third-order valence-electron chi connectivity index (χ3n) is 13.1. The van der Waals surface area contributed by atoms with Crippen molar-refractivity contribution in [3.8, 4) is 16.2 Å². The molecule has 7 nitrogen and oxygen atoms in total. The number of aliphatic hydroxyl groups is 1. The van der Waals surface area contributed by atoms with E-state index in [1.807, 2.05) is 12.1 Å². The van der Waals surface area contributed by atoms with Crippen LogP contribution in [0.4, 0.5) is 18.0 Å². The molecule has 6 rings (SSSR count). The lowest BCUT2D eigenvalue weighted by Gasteiger charge is -2.65. The van der Waals surface area contributed by atoms with Gasteiger partial charge in [0.2, 0.25) is 0 Å². The molecule has 2 aromatic rings. The van der Waals surface area contributed by atoms with Crippen LogP contribution < -0.4 is 9.46 Å². The van der Waals surface area contributed by atoms with E-state index >= 15 is 0 Å². The number of benzene rings is 1. The predicted molar refractivity (Wildman–Crippen MR) is 181 cm³/mol. The number of nitrogens with zero attached hydrogens (tertiary/aromatic N) is 1. The normalized spacial score (nSPS) is 36.7. The van der Waals surface area contributed by atoms with Crippen LogP contribution in [0.2, 0.25) is 0 Å². The number of thiophene rings is 1. The van der Waals surface area contributed by atoms with Crippen molar-refractivity contribution >= 4 is 29.4 Å². The molecule has 12 heteroatoms. The first-order valence-corrected chi connectivity index (χ1v) is 18.9. The van der Waals surface area contributed by atoms with Gasteiger partial charge in [-0.1, -0.05) is 39.3 Å². The van der Waals surface area contributed by atoms with Gasteiger partial charge in [-0.25, -0.2) is 4.79 Å². The zero-order valence-electron chi connectivity index (χ0n) is 28.1. The lowest BCUT2D eigenvalue weighted by Crippen LogP contribution is -2.63. The van der Waals surface area contributed by atoms with Crippen LogP contribution in [0.15, 0.2) is 45.8 Å². The van der Waals surface area contributed by atoms with Gasteiger partial charge in [0.1, 0.15) is 11.3 Å². The average molecular weight is 709 g/mol. The fourth-order valence-corrected chi connectivity index (χ4v) is 12.5. The van der Waals surface area contributed by atoms with E-state index in [2.05, 4.69) is 42.3 Å². The summed E-state index contributed by atoms with van der Waals surface area (Å²) in [6, 6.07) is 9.34. The van der Waals surface area contributed by atoms with Gasteiger partial charge in [0, 0.05) is 16.8 Å². The molecule has 4 aliphatic carbocycles. The summed E-state index contributed by atoms with van der Waals surface area (Å²) in [5.74, 6) is 1.66. The van der Waals surface area contributed by atoms with E-state index in [0.29, 0.717) is 17.8 Å². The Morgan fingerprint density at radius 1 is 1.06 bits per heavy atom. The highest BCUT2D eigenvalue weighted by Gasteiger charge is 2.70. The standard InChI is InChI=1S/C36H47F3N2O5S2/c1-5-22-18-29-27(33(3)15-12-24(42)19-28(22)33)13-16-34(4)26(14-17-35(29,34)41-44)21(2)20-45-32(43)40-48-31-11-10-30(47-31)23-6-8-25(9-7-23)46-36(37,38)39/h6-11,21-22,24,26-29,42H,5,12-20H2,1-4H3,(H,40,43)/t21-,22+,24-,26?,27?,28?,29?,33?,34-,35?/m1/s1. The number of amides is 1. The Bertz CT molecular complexity index is 1470. The van der Waals surface area contributed by atoms with E-state index in [1.165, 1.54) is 23.5 Å². The number of ether oxygens (including phenoxy) is 2. The molecule has 4 fully saturated rings. The first-order chi connectivity index (χ1) is 22.7. The molecule has 10 atom stereocenters. The van der Waals surface area contributed by atoms with Crippen molar-refractivity contribution in [2.24, 2.45) is 51.5 Å². The highest BCUT2D eigenvalue weighted by molar-refractivity contribution is 7.99. The van der Waals surface area contributed by atoms with Crippen molar-refractivity contribution in [1.29, 1.82) is 0 Å². The Balaban J connectivity index is 1.05. The largest absolute Gasteiger partial charge is 0.573 e. The van der Waals surface area contributed by atoms with Gasteiger partial charge in [0.05, 0.1) is 16.9 Å². The number of nitroso groups, excluding NO2 is 1. The highest BCUT2D eigenvalue weighted by atomic mass is 32.2. The summed E-state index contributed by atoms with van der Waals surface area (Å²) in [6.45, 7) is 9.34. The molecule has 48 heavy (non-hydrogen) atoms. The minimum atomic E-state index is -4.74. The summed E-state index contributed by atoms with van der Waals surface area (Å²) in [5.41, 5.74) is -0.0105. The molecule has 1 heterocycles. The molecule has 6 unspecified atom stereocenters. The summed E-state index contributed by atoms with van der Waals surface area (Å²) in [7, 11) is 0. The van der Waals surface area contributed by atoms with Crippen LogP contribution in [-0.2, 0) is 4.74 Å². The van der Waals surface area contributed by atoms with E-state index in [1.54, 1.807) is 12.1 Å². The van der Waals surface area contributed by atoms with Crippen LogP contribution in [0.3, 0.4) is 0 Å². The zero-order valence-corrected chi connectivity index (χ0v) is 29.7. The maximum Gasteiger partial charge on any atom is 0.573 e. The van der Waals surface area contributed by atoms with Gasteiger partial charge in [0.15, 0.2) is 0 Å². The lowest BCUT2D eigenvalue weighted by molar-refractivity contribution is -0.274. The van der Waals surface area contributed by atoms with E-state index in [-0.39, 0.29) is 47.0 Å². The molecule has 0 aliphatic heterocycles. The fraction of sp³-hybridized carbons (Fsp3) is 0.694. The zero-order chi connectivity index (χ0) is 34.5. The summed E-state index contributed by atoms with van der Waals surface area (Å²) in [4.78, 5) is 26.7. The Morgan fingerprint density at radius 2 is 1.81 bits per heavy atom. The number of rotatable bonds is 9. The average Bonchev–Trinajstić information content (AvgIpc) is 3.65. The Kier molecular flexibility index (Phi) is 9.94. The van der Waals surface area contributed by atoms with Crippen LogP contribution in [0.1, 0.15) is 85.5 Å². The third-order valence-corrected chi connectivity index (χ3v) is 15.2. The van der Waals surface area contributed by atoms with E-state index < -0.39 is 18.0 Å². The van der Waals surface area contributed by atoms with E-state index in [0.717, 1.165) is 84.4 Å². The SMILES string of the molecule is CC[C@H]1CC2C(CC[C@]3(C)C([C@H](C)COC(=O)NSc4ccc(-c5ccc(OC(F)(F)F)cc5)s4)CCC23N=O)C2(C)CC[C@@H](O)CC12. The molecular formula is C36H47F3N2O5S2. The second kappa shape index (κ2) is 13.4. The van der Waals surface area contributed by atoms with Crippen molar-refractivity contribution < 1.29 is 32.5 Å². The van der Waals surface area contributed by atoms with Crippen molar-refractivity contribution in [1.82, 2.24) is 4.72 Å². The molecule has 264 valence electrons. The molecule has 4 aliphatic rings. The maximum absolute atomic E-state index is 13.1. The van der Waals surface area contributed by atoms with Gasteiger partial charge in [-0.3, -0.25) is 4.72 Å². The van der Waals surface area contributed by atoms with Crippen LogP contribution in [0, 0.1) is 51.2 Å². The van der Waals surface area contributed by atoms with Crippen LogP contribution >= 0.6 is 23.3 Å². The lowest BCUT2D eigenvalue weighted by atomic mass is 9.40. The molecular weight excluding hydrogens is 662 g/mol. The van der Waals surface area contributed by atoms with Gasteiger partial charge in [-0.2, -0.15) is 4.91 Å². The third kappa shape index (κ3) is 6.38. The van der Waals surface area contributed by atoms with Gasteiger partial charge >= 0.3 is 12.5 Å². The molecule has 1 aromatic heterocycles. The maximum atomic E-state index is 13.1. The van der Waals surface area contributed by atoms with Crippen molar-refractivity contribution in [3.05, 3.63) is 41.3 Å². The molecule has 2 N–H and O–H groups in total. The van der Waals surface area contributed by atoms with Gasteiger partial charge < -0.3 is 14.6 Å². The molecule has 1 aromatic carbocycles. The van der Waals surface area contributed by atoms with Crippen molar-refractivity contribution in [3.63, 3.8) is 0 Å². The molecule has 0 bridgehead atoms. The quantitative estimate of drug-likeness (QED) is 0.199. The topological polar surface area (TPSA) is 97.2 Å². The molecule has 0 saturated heterocycles. The predicted octanol–water partition coefficient (Wildman–Crippen LogP) is 10.2. The second-order valence-corrected chi connectivity index (χ2v) is 17.4. The van der Waals surface area contributed by atoms with Gasteiger partial charge in [-0.15, -0.1) is 24.5 Å². The van der Waals surface area contributed by atoms with Crippen LogP contribution in [0.25, 0.3) is 10.4 Å². The molecule has 4 saturated carbocycles. The second-order valence-electron chi connectivity index (χ2n) is 15.2. The van der Waals surface area contributed by atoms with Crippen molar-refractivity contribution in [2.75, 3.05) is 6.61 Å². The monoisotopic (exact) mass is 708 g/mol. The number of fused-ring (bicyclic) bond motifs is 5. The van der Waals surface area contributed by atoms with Gasteiger partial charge in [0.25, 0.3) is 0 Å². The first kappa shape index (κ1) is 35.5. The number of halogens is 3. The Hall–Kier alpha value is -2.31. The van der Waals surface area contributed by atoms with Gasteiger partial charge in [-0.05, 0) is 140 Å². The Labute approximate surface area is 289 Å². The summed E-state index contributed by atoms with van der Waals surface area (Å²) in [6.07, 6.45) is 3.00. The van der Waals surface area contributed by atoms with E-state index in [4.69, 9.17) is 4.74 Å². The summed E-state index contributed by atoms with van der Waals surface area (Å²) in [5, 5.41) is 14.7.